The molecule has 0 spiro atoms. The van der Waals surface area contributed by atoms with Gasteiger partial charge in [0.25, 0.3) is 0 Å². The van der Waals surface area contributed by atoms with Gasteiger partial charge in [-0.15, -0.1) is 0 Å². The van der Waals surface area contributed by atoms with Crippen LogP contribution in [0.1, 0.15) is 12.8 Å². The van der Waals surface area contributed by atoms with Crippen LogP contribution in [-0.4, -0.2) is 30.1 Å². The Bertz CT molecular complexity index is 490. The molecule has 0 saturated heterocycles. The number of carboxylic acids is 1. The highest BCUT2D eigenvalue weighted by molar-refractivity contribution is 9.10. The zero-order valence-electron chi connectivity index (χ0n) is 9.65. The third-order valence-electron chi connectivity index (χ3n) is 2.80. The second-order valence-corrected chi connectivity index (χ2v) is 4.92. The fraction of sp³-hybridized carbons (Fsp3) is 0.333. The van der Waals surface area contributed by atoms with Crippen LogP contribution in [0.25, 0.3) is 0 Å². The molecule has 0 bridgehead atoms. The van der Waals surface area contributed by atoms with E-state index in [1.807, 2.05) is 23.1 Å². The molecule has 1 aliphatic heterocycles. The van der Waals surface area contributed by atoms with E-state index in [9.17, 15) is 9.59 Å². The maximum atomic E-state index is 11.6. The first-order valence-electron chi connectivity index (χ1n) is 5.63. The minimum atomic E-state index is -0.838. The summed E-state index contributed by atoms with van der Waals surface area (Å²) in [4.78, 5) is 24.2. The lowest BCUT2D eigenvalue weighted by Crippen LogP contribution is -2.27. The first-order chi connectivity index (χ1) is 8.58. The van der Waals surface area contributed by atoms with Gasteiger partial charge in [0, 0.05) is 24.0 Å². The van der Waals surface area contributed by atoms with Gasteiger partial charge in [0.15, 0.2) is 0 Å². The van der Waals surface area contributed by atoms with E-state index in [1.54, 1.807) is 0 Å². The Labute approximate surface area is 113 Å². The minimum absolute atomic E-state index is 0.0547. The molecule has 1 aliphatic rings. The molecule has 0 aliphatic carbocycles. The van der Waals surface area contributed by atoms with Gasteiger partial charge in [0.2, 0.25) is 5.91 Å². The number of nitrogens with one attached hydrogen (secondary N) is 1. The molecule has 96 valence electrons. The van der Waals surface area contributed by atoms with Crippen LogP contribution in [-0.2, 0) is 9.59 Å². The monoisotopic (exact) mass is 312 g/mol. The van der Waals surface area contributed by atoms with Crippen molar-refractivity contribution in [3.63, 3.8) is 0 Å². The van der Waals surface area contributed by atoms with Crippen molar-refractivity contribution in [2.75, 3.05) is 23.3 Å². The fourth-order valence-corrected chi connectivity index (χ4v) is 2.38. The molecule has 0 saturated carbocycles. The number of halogens is 1. The normalized spacial score (nSPS) is 14.7. The minimum Gasteiger partial charge on any atom is -0.481 e. The lowest BCUT2D eigenvalue weighted by Gasteiger charge is -2.23. The molecule has 1 amide bonds. The van der Waals surface area contributed by atoms with E-state index in [1.165, 1.54) is 0 Å². The number of carbonyl (C=O) groups excluding carboxylic acids is 1. The second-order valence-electron chi connectivity index (χ2n) is 4.06. The van der Waals surface area contributed by atoms with Crippen molar-refractivity contribution in [3.8, 4) is 0 Å². The van der Waals surface area contributed by atoms with E-state index in [0.717, 1.165) is 10.2 Å². The molecule has 0 atom stereocenters. The summed E-state index contributed by atoms with van der Waals surface area (Å²) in [6, 6.07) is 5.60. The zero-order chi connectivity index (χ0) is 13.1. The SMILES string of the molecule is O=C(O)CCN1CCC(=O)Nc2c(Br)cccc21. The number of hydrogen-bond acceptors (Lipinski definition) is 3. The van der Waals surface area contributed by atoms with Crippen LogP contribution in [0.4, 0.5) is 11.4 Å². The van der Waals surface area contributed by atoms with Crippen LogP contribution in [0.15, 0.2) is 22.7 Å². The Kier molecular flexibility index (Phi) is 3.86. The van der Waals surface area contributed by atoms with E-state index in [2.05, 4.69) is 21.2 Å². The Morgan fingerprint density at radius 2 is 2.28 bits per heavy atom. The maximum Gasteiger partial charge on any atom is 0.305 e. The standard InChI is InChI=1S/C12H13BrN2O3/c13-8-2-1-3-9-12(8)14-10(16)4-6-15(9)7-5-11(17)18/h1-3H,4-7H2,(H,14,16)(H,17,18). The van der Waals surface area contributed by atoms with Gasteiger partial charge in [-0.1, -0.05) is 6.07 Å². The average molecular weight is 313 g/mol. The zero-order valence-corrected chi connectivity index (χ0v) is 11.2. The van der Waals surface area contributed by atoms with Crippen molar-refractivity contribution in [2.24, 2.45) is 0 Å². The third kappa shape index (κ3) is 2.81. The highest BCUT2D eigenvalue weighted by Crippen LogP contribution is 2.35. The fourth-order valence-electron chi connectivity index (χ4n) is 1.92. The Morgan fingerprint density at radius 1 is 1.50 bits per heavy atom. The van der Waals surface area contributed by atoms with E-state index in [0.29, 0.717) is 25.2 Å². The summed E-state index contributed by atoms with van der Waals surface area (Å²) >= 11 is 3.39. The summed E-state index contributed by atoms with van der Waals surface area (Å²) in [5.74, 6) is -0.893. The van der Waals surface area contributed by atoms with Crippen LogP contribution in [0.5, 0.6) is 0 Å². The number of carboxylic acid groups (broad SMARTS) is 1. The number of nitrogens with zero attached hydrogens (tertiary/aromatic N) is 1. The third-order valence-corrected chi connectivity index (χ3v) is 3.46. The van der Waals surface area contributed by atoms with E-state index < -0.39 is 5.97 Å². The topological polar surface area (TPSA) is 69.6 Å². The predicted molar refractivity (Wildman–Crippen MR) is 71.9 cm³/mol. The molecule has 2 rings (SSSR count). The summed E-state index contributed by atoms with van der Waals surface area (Å²) in [5, 5.41) is 11.6. The lowest BCUT2D eigenvalue weighted by atomic mass is 10.2. The summed E-state index contributed by atoms with van der Waals surface area (Å²) in [6.45, 7) is 0.927. The highest BCUT2D eigenvalue weighted by Gasteiger charge is 2.20. The Hall–Kier alpha value is -1.56. The van der Waals surface area contributed by atoms with Crippen molar-refractivity contribution in [1.82, 2.24) is 0 Å². The number of anilines is 2. The number of aliphatic carboxylic acids is 1. The average Bonchev–Trinajstić information content (AvgIpc) is 2.47. The molecule has 5 nitrogen and oxygen atoms in total. The van der Waals surface area contributed by atoms with Gasteiger partial charge in [-0.25, -0.2) is 0 Å². The summed E-state index contributed by atoms with van der Waals surface area (Å²) in [7, 11) is 0. The molecule has 2 N–H and O–H groups in total. The van der Waals surface area contributed by atoms with E-state index >= 15 is 0 Å². The predicted octanol–water partition coefficient (Wildman–Crippen LogP) is 2.07. The highest BCUT2D eigenvalue weighted by atomic mass is 79.9. The van der Waals surface area contributed by atoms with Gasteiger partial charge < -0.3 is 15.3 Å². The van der Waals surface area contributed by atoms with Crippen molar-refractivity contribution in [3.05, 3.63) is 22.7 Å². The molecular weight excluding hydrogens is 300 g/mol. The Balaban J connectivity index is 2.30. The van der Waals surface area contributed by atoms with Crippen molar-refractivity contribution in [2.45, 2.75) is 12.8 Å². The molecule has 0 unspecified atom stereocenters. The largest absolute Gasteiger partial charge is 0.481 e. The van der Waals surface area contributed by atoms with Gasteiger partial charge in [-0.3, -0.25) is 9.59 Å². The molecule has 0 radical (unpaired) electrons. The smallest absolute Gasteiger partial charge is 0.305 e. The number of carbonyl (C=O) groups is 2. The molecule has 1 aromatic rings. The summed E-state index contributed by atoms with van der Waals surface area (Å²) in [6.07, 6.45) is 0.418. The van der Waals surface area contributed by atoms with Crippen molar-refractivity contribution in [1.29, 1.82) is 0 Å². The molecule has 1 aromatic carbocycles. The van der Waals surface area contributed by atoms with Crippen molar-refractivity contribution >= 4 is 39.2 Å². The summed E-state index contributed by atoms with van der Waals surface area (Å²) < 4.78 is 0.801. The molecule has 6 heteroatoms. The van der Waals surface area contributed by atoms with E-state index in [4.69, 9.17) is 5.11 Å². The molecule has 0 fully saturated rings. The summed E-state index contributed by atoms with van der Waals surface area (Å²) in [5.41, 5.74) is 1.57. The van der Waals surface area contributed by atoms with Crippen molar-refractivity contribution < 1.29 is 14.7 Å². The second kappa shape index (κ2) is 5.39. The quantitative estimate of drug-likeness (QED) is 0.896. The van der Waals surface area contributed by atoms with Gasteiger partial charge >= 0.3 is 5.97 Å². The van der Waals surface area contributed by atoms with Gasteiger partial charge in [-0.05, 0) is 28.1 Å². The van der Waals surface area contributed by atoms with Gasteiger partial charge in [-0.2, -0.15) is 0 Å². The maximum absolute atomic E-state index is 11.6. The van der Waals surface area contributed by atoms with Crippen LogP contribution in [0.3, 0.4) is 0 Å². The molecule has 0 aromatic heterocycles. The number of hydrogen-bond donors (Lipinski definition) is 2. The number of para-hydroxylation sites is 1. The number of amides is 1. The van der Waals surface area contributed by atoms with Gasteiger partial charge in [0.1, 0.15) is 0 Å². The van der Waals surface area contributed by atoms with Gasteiger partial charge in [0.05, 0.1) is 17.8 Å². The van der Waals surface area contributed by atoms with Crippen LogP contribution < -0.4 is 10.2 Å². The Morgan fingerprint density at radius 3 is 3.00 bits per heavy atom. The van der Waals surface area contributed by atoms with Crippen LogP contribution in [0, 0.1) is 0 Å². The first-order valence-corrected chi connectivity index (χ1v) is 6.42. The molecule has 1 heterocycles. The van der Waals surface area contributed by atoms with E-state index in [-0.39, 0.29) is 12.3 Å². The molecule has 18 heavy (non-hydrogen) atoms. The lowest BCUT2D eigenvalue weighted by molar-refractivity contribution is -0.136. The number of benzene rings is 1. The molecular formula is C12H13BrN2O3. The number of fused-ring (bicyclic) bond motifs is 1. The van der Waals surface area contributed by atoms with Crippen LogP contribution in [0.2, 0.25) is 0 Å². The first kappa shape index (κ1) is 12.9. The number of rotatable bonds is 3. The van der Waals surface area contributed by atoms with Crippen LogP contribution >= 0.6 is 15.9 Å².